The van der Waals surface area contributed by atoms with Crippen molar-refractivity contribution < 1.29 is 13.9 Å². The monoisotopic (exact) mass is 274 g/mol. The lowest BCUT2D eigenvalue weighted by Crippen LogP contribution is -1.98. The maximum absolute atomic E-state index is 13.4. The van der Waals surface area contributed by atoms with Crippen LogP contribution in [0.15, 0.2) is 36.4 Å². The number of imidazole rings is 1. The summed E-state index contributed by atoms with van der Waals surface area (Å²) in [6, 6.07) is 7.98. The standard InChI is InChI=1S/C15H12F2N2O/c1-2-19-13-5-3-10(17)8-12(13)18-15(19)11-7-9(16)4-6-14(11)20/h3-8,20H,2H2,1H3. The Morgan fingerprint density at radius 3 is 2.55 bits per heavy atom. The number of aromatic nitrogens is 2. The van der Waals surface area contributed by atoms with Gasteiger partial charge >= 0.3 is 0 Å². The Labute approximate surface area is 114 Å². The second-order valence-electron chi connectivity index (χ2n) is 4.47. The van der Waals surface area contributed by atoms with E-state index in [1.807, 2.05) is 11.5 Å². The van der Waals surface area contributed by atoms with Crippen LogP contribution in [0.1, 0.15) is 6.92 Å². The van der Waals surface area contributed by atoms with Crippen LogP contribution in [-0.2, 0) is 6.54 Å². The maximum atomic E-state index is 13.4. The molecule has 1 N–H and O–H groups in total. The van der Waals surface area contributed by atoms with E-state index in [-0.39, 0.29) is 11.6 Å². The number of rotatable bonds is 2. The smallest absolute Gasteiger partial charge is 0.144 e. The lowest BCUT2D eigenvalue weighted by molar-refractivity contribution is 0.474. The van der Waals surface area contributed by atoms with Gasteiger partial charge in [0.15, 0.2) is 0 Å². The van der Waals surface area contributed by atoms with Crippen molar-refractivity contribution in [3.8, 4) is 17.1 Å². The van der Waals surface area contributed by atoms with E-state index < -0.39 is 5.82 Å². The molecule has 3 rings (SSSR count). The number of halogens is 2. The van der Waals surface area contributed by atoms with Crippen LogP contribution < -0.4 is 0 Å². The average Bonchev–Trinajstić information content (AvgIpc) is 2.78. The summed E-state index contributed by atoms with van der Waals surface area (Å²) in [5.74, 6) is -0.478. The highest BCUT2D eigenvalue weighted by atomic mass is 19.1. The van der Waals surface area contributed by atoms with Crippen molar-refractivity contribution in [2.75, 3.05) is 0 Å². The molecule has 0 amide bonds. The van der Waals surface area contributed by atoms with Gasteiger partial charge in [-0.05, 0) is 37.3 Å². The van der Waals surface area contributed by atoms with Crippen LogP contribution in [0.2, 0.25) is 0 Å². The number of nitrogens with zero attached hydrogens (tertiary/aromatic N) is 2. The normalized spacial score (nSPS) is 11.2. The zero-order chi connectivity index (χ0) is 14.3. The topological polar surface area (TPSA) is 38.0 Å². The molecule has 0 saturated heterocycles. The van der Waals surface area contributed by atoms with E-state index >= 15 is 0 Å². The van der Waals surface area contributed by atoms with Gasteiger partial charge in [0.05, 0.1) is 16.6 Å². The zero-order valence-electron chi connectivity index (χ0n) is 10.8. The molecule has 0 radical (unpaired) electrons. The molecule has 0 bridgehead atoms. The zero-order valence-corrected chi connectivity index (χ0v) is 10.8. The summed E-state index contributed by atoms with van der Waals surface area (Å²) in [4.78, 5) is 4.31. The van der Waals surface area contributed by atoms with Crippen molar-refractivity contribution in [2.45, 2.75) is 13.5 Å². The fraction of sp³-hybridized carbons (Fsp3) is 0.133. The van der Waals surface area contributed by atoms with Crippen LogP contribution in [-0.4, -0.2) is 14.7 Å². The van der Waals surface area contributed by atoms with Gasteiger partial charge in [0.2, 0.25) is 0 Å². The third-order valence-corrected chi connectivity index (χ3v) is 3.23. The predicted molar refractivity (Wildman–Crippen MR) is 72.4 cm³/mol. The number of hydrogen-bond donors (Lipinski definition) is 1. The number of benzene rings is 2. The van der Waals surface area contributed by atoms with Crippen molar-refractivity contribution in [3.05, 3.63) is 48.0 Å². The van der Waals surface area contributed by atoms with Crippen molar-refractivity contribution in [1.29, 1.82) is 0 Å². The van der Waals surface area contributed by atoms with E-state index in [2.05, 4.69) is 4.98 Å². The summed E-state index contributed by atoms with van der Waals surface area (Å²) in [6.07, 6.45) is 0. The van der Waals surface area contributed by atoms with Gasteiger partial charge in [-0.3, -0.25) is 0 Å². The highest BCUT2D eigenvalue weighted by Gasteiger charge is 2.15. The Morgan fingerprint density at radius 1 is 1.10 bits per heavy atom. The quantitative estimate of drug-likeness (QED) is 0.773. The molecule has 1 heterocycles. The Kier molecular flexibility index (Phi) is 2.89. The van der Waals surface area contributed by atoms with Gasteiger partial charge in [-0.1, -0.05) is 0 Å². The Balaban J connectivity index is 2.32. The molecule has 20 heavy (non-hydrogen) atoms. The van der Waals surface area contributed by atoms with E-state index in [9.17, 15) is 13.9 Å². The largest absolute Gasteiger partial charge is 0.507 e. The lowest BCUT2D eigenvalue weighted by Gasteiger charge is -2.07. The van der Waals surface area contributed by atoms with Gasteiger partial charge in [-0.15, -0.1) is 0 Å². The van der Waals surface area contributed by atoms with Gasteiger partial charge in [0.1, 0.15) is 23.2 Å². The van der Waals surface area contributed by atoms with Gasteiger partial charge in [0.25, 0.3) is 0 Å². The van der Waals surface area contributed by atoms with Gasteiger partial charge < -0.3 is 9.67 Å². The molecule has 0 unspecified atom stereocenters. The summed E-state index contributed by atoms with van der Waals surface area (Å²) in [7, 11) is 0. The van der Waals surface area contributed by atoms with Crippen molar-refractivity contribution in [3.63, 3.8) is 0 Å². The van der Waals surface area contributed by atoms with Crippen molar-refractivity contribution in [2.24, 2.45) is 0 Å². The first-order valence-corrected chi connectivity index (χ1v) is 6.25. The molecule has 0 spiro atoms. The first kappa shape index (κ1) is 12.6. The van der Waals surface area contributed by atoms with Gasteiger partial charge in [-0.25, -0.2) is 13.8 Å². The first-order valence-electron chi connectivity index (χ1n) is 6.25. The molecule has 0 aliphatic carbocycles. The summed E-state index contributed by atoms with van der Waals surface area (Å²) in [5.41, 5.74) is 1.52. The Morgan fingerprint density at radius 2 is 1.80 bits per heavy atom. The number of aryl methyl sites for hydroxylation is 1. The number of aromatic hydroxyl groups is 1. The Hall–Kier alpha value is -2.43. The summed E-state index contributed by atoms with van der Waals surface area (Å²) in [6.45, 7) is 2.48. The molecule has 2 aromatic carbocycles. The number of hydrogen-bond acceptors (Lipinski definition) is 2. The molecule has 0 aliphatic heterocycles. The molecule has 1 aromatic heterocycles. The molecule has 102 valence electrons. The van der Waals surface area contributed by atoms with Gasteiger partial charge in [-0.2, -0.15) is 0 Å². The minimum atomic E-state index is -0.460. The molecule has 0 fully saturated rings. The summed E-state index contributed by atoms with van der Waals surface area (Å²) >= 11 is 0. The molecule has 3 aromatic rings. The number of phenolic OH excluding ortho intramolecular Hbond substituents is 1. The van der Waals surface area contributed by atoms with Gasteiger partial charge in [0, 0.05) is 12.6 Å². The van der Waals surface area contributed by atoms with E-state index in [4.69, 9.17) is 0 Å². The lowest BCUT2D eigenvalue weighted by atomic mass is 10.2. The second kappa shape index (κ2) is 4.59. The fourth-order valence-electron chi connectivity index (χ4n) is 2.32. The molecule has 5 heteroatoms. The number of phenols is 1. The molecule has 0 atom stereocenters. The third-order valence-electron chi connectivity index (χ3n) is 3.23. The Bertz CT molecular complexity index is 796. The number of fused-ring (bicyclic) bond motifs is 1. The minimum Gasteiger partial charge on any atom is -0.507 e. The average molecular weight is 274 g/mol. The van der Waals surface area contributed by atoms with Crippen LogP contribution >= 0.6 is 0 Å². The van der Waals surface area contributed by atoms with E-state index in [1.165, 1.54) is 30.3 Å². The van der Waals surface area contributed by atoms with E-state index in [1.54, 1.807) is 6.07 Å². The first-order chi connectivity index (χ1) is 9.60. The van der Waals surface area contributed by atoms with Crippen LogP contribution in [0, 0.1) is 11.6 Å². The highest BCUT2D eigenvalue weighted by Crippen LogP contribution is 2.32. The van der Waals surface area contributed by atoms with Crippen LogP contribution in [0.25, 0.3) is 22.4 Å². The SMILES string of the molecule is CCn1c(-c2cc(F)ccc2O)nc2cc(F)ccc21. The van der Waals surface area contributed by atoms with Crippen molar-refractivity contribution in [1.82, 2.24) is 9.55 Å². The van der Waals surface area contributed by atoms with Crippen LogP contribution in [0.4, 0.5) is 8.78 Å². The van der Waals surface area contributed by atoms with E-state index in [0.29, 0.717) is 23.4 Å². The molecule has 3 nitrogen and oxygen atoms in total. The van der Waals surface area contributed by atoms with Crippen LogP contribution in [0.3, 0.4) is 0 Å². The van der Waals surface area contributed by atoms with Crippen molar-refractivity contribution >= 4 is 11.0 Å². The second-order valence-corrected chi connectivity index (χ2v) is 4.47. The minimum absolute atomic E-state index is 0.0584. The fourth-order valence-corrected chi connectivity index (χ4v) is 2.32. The molecule has 0 aliphatic rings. The molecular weight excluding hydrogens is 262 g/mol. The van der Waals surface area contributed by atoms with Crippen LogP contribution in [0.5, 0.6) is 5.75 Å². The third kappa shape index (κ3) is 1.91. The van der Waals surface area contributed by atoms with E-state index in [0.717, 1.165) is 5.52 Å². The maximum Gasteiger partial charge on any atom is 0.144 e. The highest BCUT2D eigenvalue weighted by molar-refractivity contribution is 5.82. The molecular formula is C15H12F2N2O. The molecule has 0 saturated carbocycles. The predicted octanol–water partition coefficient (Wildman–Crippen LogP) is 3.71. The summed E-state index contributed by atoms with van der Waals surface area (Å²) < 4.78 is 28.5. The summed E-state index contributed by atoms with van der Waals surface area (Å²) in [5, 5.41) is 9.89.